The Labute approximate surface area is 73.4 Å². The van der Waals surface area contributed by atoms with Crippen molar-refractivity contribution in [3.63, 3.8) is 0 Å². The van der Waals surface area contributed by atoms with Gasteiger partial charge in [0.1, 0.15) is 6.61 Å². The minimum atomic E-state index is -0.283. The molecule has 0 aliphatic carbocycles. The van der Waals surface area contributed by atoms with Gasteiger partial charge in [-0.05, 0) is 6.42 Å². The van der Waals surface area contributed by atoms with Gasteiger partial charge in [0.25, 0.3) is 0 Å². The molecule has 0 aromatic rings. The lowest BCUT2D eigenvalue weighted by Crippen LogP contribution is -2.29. The van der Waals surface area contributed by atoms with Crippen LogP contribution in [0.2, 0.25) is 0 Å². The standard InChI is InChI=1S/C8H17NO3/c1-4-5-9(2)8(10)12-7-6-11-3/h4-7H2,1-3H3. The number of hydrogen-bond acceptors (Lipinski definition) is 3. The highest BCUT2D eigenvalue weighted by molar-refractivity contribution is 5.67. The maximum atomic E-state index is 11.1. The normalized spacial score (nSPS) is 9.58. The Morgan fingerprint density at radius 2 is 2.08 bits per heavy atom. The van der Waals surface area contributed by atoms with E-state index in [1.807, 2.05) is 6.92 Å². The quantitative estimate of drug-likeness (QED) is 0.587. The highest BCUT2D eigenvalue weighted by atomic mass is 16.6. The Hall–Kier alpha value is -0.770. The summed E-state index contributed by atoms with van der Waals surface area (Å²) in [5.41, 5.74) is 0. The summed E-state index contributed by atoms with van der Waals surface area (Å²) in [4.78, 5) is 12.6. The van der Waals surface area contributed by atoms with Crippen LogP contribution in [-0.4, -0.2) is 44.9 Å². The van der Waals surface area contributed by atoms with Gasteiger partial charge in [-0.2, -0.15) is 0 Å². The van der Waals surface area contributed by atoms with Gasteiger partial charge in [-0.1, -0.05) is 6.92 Å². The van der Waals surface area contributed by atoms with Crippen LogP contribution in [0.25, 0.3) is 0 Å². The first-order valence-electron chi connectivity index (χ1n) is 4.09. The van der Waals surface area contributed by atoms with Gasteiger partial charge in [0.2, 0.25) is 0 Å². The zero-order valence-corrected chi connectivity index (χ0v) is 8.00. The van der Waals surface area contributed by atoms with Crippen LogP contribution in [0, 0.1) is 0 Å². The van der Waals surface area contributed by atoms with E-state index in [9.17, 15) is 4.79 Å². The molecule has 0 aromatic carbocycles. The van der Waals surface area contributed by atoms with Crippen LogP contribution < -0.4 is 0 Å². The van der Waals surface area contributed by atoms with E-state index in [2.05, 4.69) is 0 Å². The second kappa shape index (κ2) is 6.91. The third-order valence-corrected chi connectivity index (χ3v) is 1.38. The molecule has 0 rings (SSSR count). The van der Waals surface area contributed by atoms with E-state index >= 15 is 0 Å². The maximum absolute atomic E-state index is 11.1. The molecule has 12 heavy (non-hydrogen) atoms. The van der Waals surface area contributed by atoms with Crippen molar-refractivity contribution < 1.29 is 14.3 Å². The lowest BCUT2D eigenvalue weighted by Gasteiger charge is -2.15. The molecular formula is C8H17NO3. The van der Waals surface area contributed by atoms with Crippen LogP contribution in [0.1, 0.15) is 13.3 Å². The van der Waals surface area contributed by atoms with Gasteiger partial charge in [0.05, 0.1) is 6.61 Å². The summed E-state index contributed by atoms with van der Waals surface area (Å²) in [5, 5.41) is 0. The molecule has 0 aliphatic heterocycles. The Morgan fingerprint density at radius 3 is 2.58 bits per heavy atom. The number of carbonyl (C=O) groups excluding carboxylic acids is 1. The monoisotopic (exact) mass is 175 g/mol. The second-order valence-electron chi connectivity index (χ2n) is 2.53. The molecule has 72 valence electrons. The number of amides is 1. The third kappa shape index (κ3) is 4.96. The van der Waals surface area contributed by atoms with Gasteiger partial charge in [0.15, 0.2) is 0 Å². The van der Waals surface area contributed by atoms with Crippen molar-refractivity contribution >= 4 is 6.09 Å². The van der Waals surface area contributed by atoms with E-state index in [1.54, 1.807) is 19.1 Å². The topological polar surface area (TPSA) is 38.8 Å². The molecule has 0 saturated heterocycles. The summed E-state index contributed by atoms with van der Waals surface area (Å²) in [7, 11) is 3.29. The van der Waals surface area contributed by atoms with Gasteiger partial charge in [-0.25, -0.2) is 4.79 Å². The summed E-state index contributed by atoms with van der Waals surface area (Å²) in [6.07, 6.45) is 0.657. The molecule has 0 aliphatic rings. The van der Waals surface area contributed by atoms with Crippen molar-refractivity contribution in [2.45, 2.75) is 13.3 Å². The Kier molecular flexibility index (Phi) is 6.47. The number of ether oxygens (including phenoxy) is 2. The van der Waals surface area contributed by atoms with Crippen molar-refractivity contribution in [1.29, 1.82) is 0 Å². The SMILES string of the molecule is CCCN(C)C(=O)OCCOC. The number of carbonyl (C=O) groups is 1. The van der Waals surface area contributed by atoms with E-state index < -0.39 is 0 Å². The zero-order chi connectivity index (χ0) is 9.40. The molecule has 0 fully saturated rings. The molecule has 0 unspecified atom stereocenters. The molecule has 4 heteroatoms. The second-order valence-corrected chi connectivity index (χ2v) is 2.53. The Bertz CT molecular complexity index is 127. The minimum absolute atomic E-state index is 0.283. The molecule has 0 radical (unpaired) electrons. The van der Waals surface area contributed by atoms with Crippen LogP contribution in [0.4, 0.5) is 4.79 Å². The van der Waals surface area contributed by atoms with Gasteiger partial charge in [0, 0.05) is 20.7 Å². The molecule has 0 spiro atoms. The number of hydrogen-bond donors (Lipinski definition) is 0. The average molecular weight is 175 g/mol. The van der Waals surface area contributed by atoms with Crippen molar-refractivity contribution in [3.05, 3.63) is 0 Å². The van der Waals surface area contributed by atoms with Crippen molar-refractivity contribution in [2.24, 2.45) is 0 Å². The van der Waals surface area contributed by atoms with Gasteiger partial charge < -0.3 is 14.4 Å². The van der Waals surface area contributed by atoms with E-state index in [0.717, 1.165) is 13.0 Å². The van der Waals surface area contributed by atoms with Crippen LogP contribution in [0.5, 0.6) is 0 Å². The molecule has 0 saturated carbocycles. The molecule has 0 bridgehead atoms. The minimum Gasteiger partial charge on any atom is -0.447 e. The lowest BCUT2D eigenvalue weighted by atomic mass is 10.5. The predicted octanol–water partition coefficient (Wildman–Crippen LogP) is 1.11. The summed E-state index contributed by atoms with van der Waals surface area (Å²) in [5.74, 6) is 0. The van der Waals surface area contributed by atoms with E-state index in [-0.39, 0.29) is 6.09 Å². The number of nitrogens with zero attached hydrogens (tertiary/aromatic N) is 1. The van der Waals surface area contributed by atoms with Crippen LogP contribution in [-0.2, 0) is 9.47 Å². The maximum Gasteiger partial charge on any atom is 0.409 e. The summed E-state index contributed by atoms with van der Waals surface area (Å²) in [6, 6.07) is 0. The molecule has 0 heterocycles. The fourth-order valence-corrected chi connectivity index (χ4v) is 0.749. The first-order chi connectivity index (χ1) is 5.72. The molecule has 0 atom stereocenters. The van der Waals surface area contributed by atoms with Crippen molar-refractivity contribution in [1.82, 2.24) is 4.90 Å². The summed E-state index contributed by atoms with van der Waals surface area (Å²) >= 11 is 0. The first kappa shape index (κ1) is 11.2. The van der Waals surface area contributed by atoms with Gasteiger partial charge in [-0.15, -0.1) is 0 Å². The molecule has 1 amide bonds. The molecular weight excluding hydrogens is 158 g/mol. The largest absolute Gasteiger partial charge is 0.447 e. The van der Waals surface area contributed by atoms with Gasteiger partial charge >= 0.3 is 6.09 Å². The van der Waals surface area contributed by atoms with E-state index in [1.165, 1.54) is 0 Å². The van der Waals surface area contributed by atoms with E-state index in [4.69, 9.17) is 9.47 Å². The average Bonchev–Trinajstić information content (AvgIpc) is 2.05. The summed E-state index contributed by atoms with van der Waals surface area (Å²) in [6.45, 7) is 3.51. The number of methoxy groups -OCH3 is 1. The van der Waals surface area contributed by atoms with Crippen molar-refractivity contribution in [3.8, 4) is 0 Å². The van der Waals surface area contributed by atoms with E-state index in [0.29, 0.717) is 13.2 Å². The highest BCUT2D eigenvalue weighted by Gasteiger charge is 2.07. The van der Waals surface area contributed by atoms with Gasteiger partial charge in [-0.3, -0.25) is 0 Å². The predicted molar refractivity (Wildman–Crippen MR) is 46.1 cm³/mol. The third-order valence-electron chi connectivity index (χ3n) is 1.38. The smallest absolute Gasteiger partial charge is 0.409 e. The molecule has 4 nitrogen and oxygen atoms in total. The summed E-state index contributed by atoms with van der Waals surface area (Å²) < 4.78 is 9.59. The number of rotatable bonds is 5. The first-order valence-corrected chi connectivity index (χ1v) is 4.09. The zero-order valence-electron chi connectivity index (χ0n) is 8.00. The lowest BCUT2D eigenvalue weighted by molar-refractivity contribution is 0.0772. The molecule has 0 aromatic heterocycles. The fourth-order valence-electron chi connectivity index (χ4n) is 0.749. The fraction of sp³-hybridized carbons (Fsp3) is 0.875. The highest BCUT2D eigenvalue weighted by Crippen LogP contribution is 1.91. The van der Waals surface area contributed by atoms with Crippen LogP contribution in [0.3, 0.4) is 0 Å². The van der Waals surface area contributed by atoms with Crippen LogP contribution in [0.15, 0.2) is 0 Å². The van der Waals surface area contributed by atoms with Crippen LogP contribution >= 0.6 is 0 Å². The molecule has 0 N–H and O–H groups in total. The Morgan fingerprint density at radius 1 is 1.42 bits per heavy atom. The van der Waals surface area contributed by atoms with Crippen molar-refractivity contribution in [2.75, 3.05) is 33.9 Å². The Balaban J connectivity index is 3.43.